The highest BCUT2D eigenvalue weighted by Gasteiger charge is 2.14. The normalized spacial score (nSPS) is 11.6. The Balaban J connectivity index is 1.30. The third kappa shape index (κ3) is 4.47. The predicted molar refractivity (Wildman–Crippen MR) is 134 cm³/mol. The highest BCUT2D eigenvalue weighted by atomic mass is 79.9. The highest BCUT2D eigenvalue weighted by molar-refractivity contribution is 9.10. The van der Waals surface area contributed by atoms with Crippen LogP contribution in [-0.2, 0) is 18.1 Å². The molecule has 0 aliphatic rings. The number of para-hydroxylation sites is 1. The molecular weight excluding hydrogens is 528 g/mol. The number of hydrogen-bond acceptors (Lipinski definition) is 8. The zero-order valence-electron chi connectivity index (χ0n) is 16.9. The first kappa shape index (κ1) is 21.6. The molecule has 0 aliphatic heterocycles. The molecule has 4 aromatic heterocycles. The van der Waals surface area contributed by atoms with Gasteiger partial charge in [0.25, 0.3) is 5.56 Å². The van der Waals surface area contributed by atoms with Crippen molar-refractivity contribution in [2.45, 2.75) is 34.5 Å². The van der Waals surface area contributed by atoms with E-state index in [0.29, 0.717) is 17.2 Å². The number of rotatable bonds is 7. The van der Waals surface area contributed by atoms with Gasteiger partial charge in [0.2, 0.25) is 0 Å². The fourth-order valence-corrected chi connectivity index (χ4v) is 6.49. The molecule has 0 atom stereocenters. The zero-order valence-corrected chi connectivity index (χ0v) is 21.0. The van der Waals surface area contributed by atoms with E-state index in [9.17, 15) is 4.79 Å². The van der Waals surface area contributed by atoms with Crippen LogP contribution < -0.4 is 5.56 Å². The molecule has 0 saturated heterocycles. The Bertz CT molecular complexity index is 1440. The molecule has 0 fully saturated rings. The summed E-state index contributed by atoms with van der Waals surface area (Å²) in [4.78, 5) is 21.7. The first-order valence-corrected chi connectivity index (χ1v) is 13.4. The second kappa shape index (κ2) is 9.34. The van der Waals surface area contributed by atoms with Gasteiger partial charge in [0.1, 0.15) is 11.5 Å². The molecule has 162 valence electrons. The Kier molecular flexibility index (Phi) is 6.31. The van der Waals surface area contributed by atoms with E-state index in [-0.39, 0.29) is 5.56 Å². The molecule has 0 amide bonds. The van der Waals surface area contributed by atoms with Gasteiger partial charge in [0, 0.05) is 29.0 Å². The lowest BCUT2D eigenvalue weighted by molar-refractivity contribution is 0.659. The van der Waals surface area contributed by atoms with Crippen LogP contribution in [0.3, 0.4) is 0 Å². The summed E-state index contributed by atoms with van der Waals surface area (Å²) < 4.78 is 6.69. The van der Waals surface area contributed by atoms with Gasteiger partial charge in [0.05, 0.1) is 21.7 Å². The van der Waals surface area contributed by atoms with Gasteiger partial charge >= 0.3 is 0 Å². The van der Waals surface area contributed by atoms with Crippen molar-refractivity contribution in [3.63, 3.8) is 0 Å². The summed E-state index contributed by atoms with van der Waals surface area (Å²) in [5.74, 6) is 2.16. The van der Waals surface area contributed by atoms with Crippen molar-refractivity contribution in [1.29, 1.82) is 0 Å². The predicted octanol–water partition coefficient (Wildman–Crippen LogP) is 5.26. The molecule has 0 aliphatic carbocycles. The van der Waals surface area contributed by atoms with E-state index in [2.05, 4.69) is 53.7 Å². The van der Waals surface area contributed by atoms with Gasteiger partial charge in [-0.1, -0.05) is 35.7 Å². The fraction of sp³-hybridized carbons (Fsp3) is 0.190. The number of nitrogens with zero attached hydrogens (tertiary/aromatic N) is 6. The molecular formula is C21H17BrN6OS3. The van der Waals surface area contributed by atoms with Crippen LogP contribution in [0, 0.1) is 0 Å². The van der Waals surface area contributed by atoms with Crippen molar-refractivity contribution in [2.75, 3.05) is 0 Å². The summed E-state index contributed by atoms with van der Waals surface area (Å²) >= 11 is 8.29. The van der Waals surface area contributed by atoms with Crippen LogP contribution in [0.1, 0.15) is 18.4 Å². The monoisotopic (exact) mass is 544 g/mol. The number of aromatic nitrogens is 6. The smallest absolute Gasteiger partial charge is 0.258 e. The van der Waals surface area contributed by atoms with Crippen molar-refractivity contribution in [1.82, 2.24) is 29.1 Å². The zero-order chi connectivity index (χ0) is 22.1. The molecule has 5 aromatic rings. The van der Waals surface area contributed by atoms with E-state index in [1.165, 1.54) is 20.9 Å². The van der Waals surface area contributed by atoms with Gasteiger partial charge in [-0.25, -0.2) is 9.97 Å². The number of halogens is 1. The molecule has 32 heavy (non-hydrogen) atoms. The summed E-state index contributed by atoms with van der Waals surface area (Å²) in [6, 6.07) is 13.4. The summed E-state index contributed by atoms with van der Waals surface area (Å²) in [7, 11) is 0. The van der Waals surface area contributed by atoms with Gasteiger partial charge in [-0.3, -0.25) is 9.20 Å². The molecule has 11 heteroatoms. The Labute approximate surface area is 204 Å². The molecule has 5 rings (SSSR count). The van der Waals surface area contributed by atoms with E-state index in [0.717, 1.165) is 37.5 Å². The number of benzene rings is 1. The second-order valence-corrected chi connectivity index (χ2v) is 10.9. The van der Waals surface area contributed by atoms with Gasteiger partial charge in [0.15, 0.2) is 9.50 Å². The summed E-state index contributed by atoms with van der Waals surface area (Å²) in [5, 5.41) is 9.61. The molecule has 0 radical (unpaired) electrons. The average molecular weight is 546 g/mol. The molecule has 1 aromatic carbocycles. The topological polar surface area (TPSA) is 78.0 Å². The second-order valence-electron chi connectivity index (χ2n) is 6.83. The molecule has 0 spiro atoms. The largest absolute Gasteiger partial charge is 0.306 e. The number of pyridine rings is 1. The van der Waals surface area contributed by atoms with Crippen LogP contribution in [-0.4, -0.2) is 29.1 Å². The number of thiazole rings is 1. The average Bonchev–Trinajstić information content (AvgIpc) is 3.39. The minimum Gasteiger partial charge on any atom is -0.306 e. The fourth-order valence-electron chi connectivity index (χ4n) is 3.23. The van der Waals surface area contributed by atoms with Gasteiger partial charge < -0.3 is 4.57 Å². The summed E-state index contributed by atoms with van der Waals surface area (Å²) in [5.41, 5.74) is 2.27. The number of fused-ring (bicyclic) bond motifs is 2. The third-order valence-electron chi connectivity index (χ3n) is 4.73. The van der Waals surface area contributed by atoms with E-state index in [4.69, 9.17) is 0 Å². The Hall–Kier alpha value is -2.21. The standard InChI is InChI=1S/C21H17BrN6OS3/c1-2-27-18(12-31-21-24-15-5-3-4-6-16(15)32-21)25-26-20(27)30-11-14-9-19(29)28-10-13(22)7-8-17(28)23-14/h3-10H,2,11-12H2,1H3. The highest BCUT2D eigenvalue weighted by Crippen LogP contribution is 2.32. The Morgan fingerprint density at radius 2 is 1.94 bits per heavy atom. The maximum absolute atomic E-state index is 12.4. The maximum Gasteiger partial charge on any atom is 0.258 e. The van der Waals surface area contributed by atoms with Crippen LogP contribution in [0.15, 0.2) is 67.4 Å². The number of hydrogen-bond donors (Lipinski definition) is 0. The van der Waals surface area contributed by atoms with E-state index >= 15 is 0 Å². The molecule has 7 nitrogen and oxygen atoms in total. The lowest BCUT2D eigenvalue weighted by Gasteiger charge is -2.07. The lowest BCUT2D eigenvalue weighted by Crippen LogP contribution is -2.15. The van der Waals surface area contributed by atoms with Gasteiger partial charge in [-0.2, -0.15) is 0 Å². The molecule has 4 heterocycles. The van der Waals surface area contributed by atoms with Crippen LogP contribution >= 0.6 is 50.8 Å². The molecule has 0 saturated carbocycles. The molecule has 0 unspecified atom stereocenters. The van der Waals surface area contributed by atoms with E-state index < -0.39 is 0 Å². The summed E-state index contributed by atoms with van der Waals surface area (Å²) in [6.45, 7) is 2.85. The SMILES string of the molecule is CCn1c(CSc2nc3ccccc3s2)nnc1SCc1cc(=O)n2cc(Br)ccc2n1. The summed E-state index contributed by atoms with van der Waals surface area (Å²) in [6.07, 6.45) is 1.73. The van der Waals surface area contributed by atoms with Crippen LogP contribution in [0.4, 0.5) is 0 Å². The minimum atomic E-state index is -0.100. The van der Waals surface area contributed by atoms with E-state index in [1.54, 1.807) is 35.4 Å². The Morgan fingerprint density at radius 1 is 1.06 bits per heavy atom. The van der Waals surface area contributed by atoms with Crippen LogP contribution in [0.2, 0.25) is 0 Å². The van der Waals surface area contributed by atoms with Gasteiger partial charge in [-0.05, 0) is 47.1 Å². The van der Waals surface area contributed by atoms with Gasteiger partial charge in [-0.15, -0.1) is 21.5 Å². The quantitative estimate of drug-likeness (QED) is 0.258. The minimum absolute atomic E-state index is 0.100. The molecule has 0 N–H and O–H groups in total. The van der Waals surface area contributed by atoms with Crippen LogP contribution in [0.25, 0.3) is 15.9 Å². The number of thioether (sulfide) groups is 2. The molecule has 0 bridgehead atoms. The lowest BCUT2D eigenvalue weighted by atomic mass is 10.3. The van der Waals surface area contributed by atoms with Crippen LogP contribution in [0.5, 0.6) is 0 Å². The van der Waals surface area contributed by atoms with Crippen molar-refractivity contribution in [3.05, 3.63) is 75.0 Å². The van der Waals surface area contributed by atoms with Crippen molar-refractivity contribution in [2.24, 2.45) is 0 Å². The Morgan fingerprint density at radius 3 is 2.78 bits per heavy atom. The van der Waals surface area contributed by atoms with Crippen molar-refractivity contribution < 1.29 is 0 Å². The van der Waals surface area contributed by atoms with Crippen molar-refractivity contribution >= 4 is 66.7 Å². The third-order valence-corrected chi connectivity index (χ3v) is 8.38. The first-order valence-electron chi connectivity index (χ1n) is 9.82. The maximum atomic E-state index is 12.4. The van der Waals surface area contributed by atoms with E-state index in [1.807, 2.05) is 30.3 Å². The van der Waals surface area contributed by atoms with Crippen molar-refractivity contribution in [3.8, 4) is 0 Å². The first-order chi connectivity index (χ1) is 15.6.